The molecular weight excluding hydrogens is 931 g/mol. The van der Waals surface area contributed by atoms with Crippen molar-refractivity contribution in [2.45, 2.75) is 358 Å². The average Bonchev–Trinajstić information content (AvgIpc) is 3.40. The number of rotatable bonds is 55. The second-order valence-electron chi connectivity index (χ2n) is 22.5. The number of allylic oxidation sites excluding steroid dienone is 4. The minimum Gasteiger partial charge on any atom is -0.394 e. The number of aliphatic hydroxyl groups is 7. The molecule has 74 heavy (non-hydrogen) atoms. The fourth-order valence-corrected chi connectivity index (χ4v) is 10.3. The third kappa shape index (κ3) is 39.9. The highest BCUT2D eigenvalue weighted by Crippen LogP contribution is 2.24. The van der Waals surface area contributed by atoms with Crippen LogP contribution < -0.4 is 5.32 Å². The molecule has 0 bridgehead atoms. The minimum absolute atomic E-state index is 0.241. The van der Waals surface area contributed by atoms with E-state index in [9.17, 15) is 40.5 Å². The Hall–Kier alpha value is -1.41. The Morgan fingerprint density at radius 3 is 1.16 bits per heavy atom. The van der Waals surface area contributed by atoms with E-state index in [1.807, 2.05) is 0 Å². The molecule has 1 heterocycles. The maximum atomic E-state index is 13.2. The van der Waals surface area contributed by atoms with Crippen LogP contribution in [0.5, 0.6) is 0 Å². The summed E-state index contributed by atoms with van der Waals surface area (Å²) < 4.78 is 11.1. The highest BCUT2D eigenvalue weighted by atomic mass is 16.7. The molecule has 1 saturated heterocycles. The zero-order valence-corrected chi connectivity index (χ0v) is 48.1. The summed E-state index contributed by atoms with van der Waals surface area (Å²) in [7, 11) is 0. The van der Waals surface area contributed by atoms with E-state index in [0.717, 1.165) is 51.4 Å². The maximum Gasteiger partial charge on any atom is 0.249 e. The van der Waals surface area contributed by atoms with E-state index in [4.69, 9.17) is 9.47 Å². The summed E-state index contributed by atoms with van der Waals surface area (Å²) in [6.07, 6.45) is 52.7. The molecule has 11 nitrogen and oxygen atoms in total. The highest BCUT2D eigenvalue weighted by molar-refractivity contribution is 5.80. The van der Waals surface area contributed by atoms with E-state index >= 15 is 0 Å². The van der Waals surface area contributed by atoms with Gasteiger partial charge in [0, 0.05) is 0 Å². The summed E-state index contributed by atoms with van der Waals surface area (Å²) in [5.41, 5.74) is 0. The summed E-state index contributed by atoms with van der Waals surface area (Å²) in [6.45, 7) is 3.46. The molecule has 0 aromatic heterocycles. The lowest BCUT2D eigenvalue weighted by atomic mass is 9.98. The fraction of sp³-hybridized carbons (Fsp3) is 0.921. The first kappa shape index (κ1) is 70.6. The molecule has 1 rings (SSSR count). The molecule has 9 atom stereocenters. The lowest BCUT2D eigenvalue weighted by molar-refractivity contribution is -0.303. The largest absolute Gasteiger partial charge is 0.394 e. The average molecular weight is 1050 g/mol. The van der Waals surface area contributed by atoms with Crippen LogP contribution >= 0.6 is 0 Å². The summed E-state index contributed by atoms with van der Waals surface area (Å²) >= 11 is 0. The van der Waals surface area contributed by atoms with E-state index < -0.39 is 74.2 Å². The van der Waals surface area contributed by atoms with Crippen molar-refractivity contribution >= 4 is 5.91 Å². The number of ether oxygens (including phenoxy) is 2. The smallest absolute Gasteiger partial charge is 0.249 e. The number of carbonyl (C=O) groups is 1. The van der Waals surface area contributed by atoms with E-state index in [1.54, 1.807) is 0 Å². The van der Waals surface area contributed by atoms with Gasteiger partial charge in [0.25, 0.3) is 0 Å². The van der Waals surface area contributed by atoms with Gasteiger partial charge >= 0.3 is 0 Å². The van der Waals surface area contributed by atoms with Crippen LogP contribution in [0.15, 0.2) is 24.3 Å². The number of unbranched alkanes of at least 4 members (excludes halogenated alkanes) is 39. The number of hydrogen-bond donors (Lipinski definition) is 8. The van der Waals surface area contributed by atoms with Crippen molar-refractivity contribution < 1.29 is 50.0 Å². The van der Waals surface area contributed by atoms with Crippen LogP contribution in [0.25, 0.3) is 0 Å². The predicted molar refractivity (Wildman–Crippen MR) is 307 cm³/mol. The van der Waals surface area contributed by atoms with Crippen LogP contribution in [0.1, 0.15) is 303 Å². The summed E-state index contributed by atoms with van der Waals surface area (Å²) in [6, 6.07) is -1.19. The van der Waals surface area contributed by atoms with Crippen molar-refractivity contribution in [3.8, 4) is 0 Å². The zero-order chi connectivity index (χ0) is 54.0. The van der Waals surface area contributed by atoms with Crippen molar-refractivity contribution in [2.24, 2.45) is 0 Å². The van der Waals surface area contributed by atoms with Crippen LogP contribution in [-0.4, -0.2) is 110 Å². The molecule has 0 aromatic rings. The topological polar surface area (TPSA) is 189 Å². The maximum absolute atomic E-state index is 13.2. The molecule has 1 amide bonds. The third-order valence-corrected chi connectivity index (χ3v) is 15.5. The molecule has 438 valence electrons. The molecule has 0 saturated carbocycles. The van der Waals surface area contributed by atoms with E-state index in [-0.39, 0.29) is 12.8 Å². The quantitative estimate of drug-likeness (QED) is 0.0215. The SMILES string of the molecule is CCCCCCCCC/C=C\CCCCCCC(O)C(=O)NC(COC1OC(CO)C(O)C(O)C1O)C(O)C(O)CCC/C=C/CCCCCCCCCCCCCCCCCCCCCCCCCCCCC. The number of amides is 1. The van der Waals surface area contributed by atoms with Crippen LogP contribution in [0.2, 0.25) is 0 Å². The van der Waals surface area contributed by atoms with Gasteiger partial charge in [0.15, 0.2) is 6.29 Å². The second kappa shape index (κ2) is 52.3. The number of aliphatic hydroxyl groups excluding tert-OH is 7. The van der Waals surface area contributed by atoms with Gasteiger partial charge in [-0.1, -0.05) is 263 Å². The van der Waals surface area contributed by atoms with Gasteiger partial charge in [-0.05, 0) is 64.2 Å². The Morgan fingerprint density at radius 1 is 0.459 bits per heavy atom. The molecule has 8 N–H and O–H groups in total. The van der Waals surface area contributed by atoms with Crippen molar-refractivity contribution in [1.29, 1.82) is 0 Å². The number of nitrogens with one attached hydrogen (secondary N) is 1. The second-order valence-corrected chi connectivity index (χ2v) is 22.5. The molecule has 1 fully saturated rings. The Balaban J connectivity index is 2.22. The van der Waals surface area contributed by atoms with Gasteiger partial charge in [0.2, 0.25) is 5.91 Å². The lowest BCUT2D eigenvalue weighted by Gasteiger charge is -2.40. The van der Waals surface area contributed by atoms with Crippen LogP contribution in [0.4, 0.5) is 0 Å². The molecule has 0 radical (unpaired) electrons. The summed E-state index contributed by atoms with van der Waals surface area (Å²) in [5, 5.41) is 76.1. The van der Waals surface area contributed by atoms with Crippen LogP contribution in [-0.2, 0) is 14.3 Å². The number of hydrogen-bond acceptors (Lipinski definition) is 10. The zero-order valence-electron chi connectivity index (χ0n) is 48.1. The van der Waals surface area contributed by atoms with Gasteiger partial charge in [0.1, 0.15) is 36.6 Å². The van der Waals surface area contributed by atoms with Crippen molar-refractivity contribution in [3.05, 3.63) is 24.3 Å². The van der Waals surface area contributed by atoms with Gasteiger partial charge in [-0.25, -0.2) is 0 Å². The van der Waals surface area contributed by atoms with E-state index in [2.05, 4.69) is 43.5 Å². The molecular formula is C63H121NO10. The van der Waals surface area contributed by atoms with E-state index in [1.165, 1.54) is 212 Å². The standard InChI is InChI=1S/C63H121NO10/c1-3-5-7-9-11-13-15-17-19-20-21-22-23-24-25-26-27-28-29-30-31-32-33-34-35-37-38-40-42-44-46-48-50-55(66)58(68)54(53-73-63-61(71)60(70)59(69)57(52-65)74-63)64-62(72)56(67)51-49-47-45-43-41-39-36-18-16-14-12-10-8-6-4-2/h36,39,42,44,54-61,63,65-71H,3-35,37-38,40-41,43,45-53H2,1-2H3,(H,64,72)/b39-36-,44-42+. The van der Waals surface area contributed by atoms with Gasteiger partial charge < -0.3 is 50.5 Å². The molecule has 1 aliphatic rings. The lowest BCUT2D eigenvalue weighted by Crippen LogP contribution is -2.60. The molecule has 9 unspecified atom stereocenters. The highest BCUT2D eigenvalue weighted by Gasteiger charge is 2.44. The first-order valence-electron chi connectivity index (χ1n) is 31.7. The summed E-state index contributed by atoms with van der Waals surface area (Å²) in [5.74, 6) is -0.712. The predicted octanol–water partition coefficient (Wildman–Crippen LogP) is 14.1. The van der Waals surface area contributed by atoms with Crippen molar-refractivity contribution in [2.75, 3.05) is 13.2 Å². The first-order chi connectivity index (χ1) is 36.2. The molecule has 0 aliphatic carbocycles. The van der Waals surface area contributed by atoms with Crippen LogP contribution in [0, 0.1) is 0 Å². The number of carbonyl (C=O) groups excluding carboxylic acids is 1. The van der Waals surface area contributed by atoms with Crippen molar-refractivity contribution in [3.63, 3.8) is 0 Å². The molecule has 11 heteroatoms. The van der Waals surface area contributed by atoms with Crippen LogP contribution in [0.3, 0.4) is 0 Å². The summed E-state index contributed by atoms with van der Waals surface area (Å²) in [4.78, 5) is 13.2. The normalized spacial score (nSPS) is 19.9. The minimum atomic E-state index is -1.67. The van der Waals surface area contributed by atoms with Gasteiger partial charge in [-0.3, -0.25) is 4.79 Å². The third-order valence-electron chi connectivity index (χ3n) is 15.5. The van der Waals surface area contributed by atoms with Crippen molar-refractivity contribution in [1.82, 2.24) is 5.32 Å². The monoisotopic (exact) mass is 1050 g/mol. The fourth-order valence-electron chi connectivity index (χ4n) is 10.3. The molecule has 0 aromatic carbocycles. The first-order valence-corrected chi connectivity index (χ1v) is 31.7. The van der Waals surface area contributed by atoms with Gasteiger partial charge in [-0.2, -0.15) is 0 Å². The van der Waals surface area contributed by atoms with Gasteiger partial charge in [-0.15, -0.1) is 0 Å². The Kier molecular flexibility index (Phi) is 49.9. The molecule has 0 spiro atoms. The Morgan fingerprint density at radius 2 is 0.797 bits per heavy atom. The van der Waals surface area contributed by atoms with E-state index in [0.29, 0.717) is 12.8 Å². The Labute approximate surface area is 454 Å². The molecule has 1 aliphatic heterocycles. The van der Waals surface area contributed by atoms with Gasteiger partial charge in [0.05, 0.1) is 25.4 Å². The Bertz CT molecular complexity index is 1250.